The first-order valence-electron chi connectivity index (χ1n) is 4.04. The summed E-state index contributed by atoms with van der Waals surface area (Å²) in [7, 11) is 1.25. The van der Waals surface area contributed by atoms with Crippen LogP contribution in [0, 0.1) is 3.57 Å². The van der Waals surface area contributed by atoms with Gasteiger partial charge in [0.05, 0.1) is 13.5 Å². The summed E-state index contributed by atoms with van der Waals surface area (Å²) in [5.41, 5.74) is 0.213. The molecule has 0 bridgehead atoms. The number of hydrogen-bond acceptors (Lipinski definition) is 3. The highest BCUT2D eigenvalue weighted by molar-refractivity contribution is 14.1. The molecule has 0 aromatic carbocycles. The van der Waals surface area contributed by atoms with E-state index in [-0.39, 0.29) is 12.1 Å². The summed E-state index contributed by atoms with van der Waals surface area (Å²) < 4.78 is 29.7. The van der Waals surface area contributed by atoms with Gasteiger partial charge in [-0.1, -0.05) is 0 Å². The second-order valence-corrected chi connectivity index (χ2v) is 3.80. The van der Waals surface area contributed by atoms with Gasteiger partial charge in [-0.05, 0) is 34.2 Å². The molecule has 0 saturated heterocycles. The summed E-state index contributed by atoms with van der Waals surface area (Å²) in [6.45, 7) is 0. The maximum Gasteiger partial charge on any atom is 0.310 e. The number of aromatic nitrogens is 1. The van der Waals surface area contributed by atoms with Gasteiger partial charge in [0.25, 0.3) is 6.43 Å². The van der Waals surface area contributed by atoms with E-state index in [1.165, 1.54) is 19.4 Å². The summed E-state index contributed by atoms with van der Waals surface area (Å²) in [6, 6.07) is 1.53. The summed E-state index contributed by atoms with van der Waals surface area (Å²) in [5, 5.41) is 0. The van der Waals surface area contributed by atoms with Crippen LogP contribution in [0.2, 0.25) is 0 Å². The fraction of sp³-hybridized carbons (Fsp3) is 0.333. The van der Waals surface area contributed by atoms with Gasteiger partial charge < -0.3 is 4.74 Å². The molecule has 0 radical (unpaired) electrons. The molecule has 0 fully saturated rings. The summed E-state index contributed by atoms with van der Waals surface area (Å²) in [5.74, 6) is -0.459. The van der Waals surface area contributed by atoms with Crippen LogP contribution in [0.1, 0.15) is 17.7 Å². The average Bonchev–Trinajstić information content (AvgIpc) is 2.20. The molecule has 0 aliphatic rings. The van der Waals surface area contributed by atoms with Crippen molar-refractivity contribution in [3.8, 4) is 0 Å². The number of ether oxygens (including phenoxy) is 1. The van der Waals surface area contributed by atoms with Crippen LogP contribution in [-0.2, 0) is 16.0 Å². The molecule has 0 amide bonds. The molecule has 0 N–H and O–H groups in total. The Balaban J connectivity index is 2.99. The first-order chi connectivity index (χ1) is 7.06. The number of alkyl halides is 2. The number of carbonyl (C=O) groups excluding carboxylic acids is 1. The van der Waals surface area contributed by atoms with Crippen LogP contribution in [0.25, 0.3) is 0 Å². The van der Waals surface area contributed by atoms with Crippen LogP contribution in [0.15, 0.2) is 12.3 Å². The third kappa shape index (κ3) is 3.08. The van der Waals surface area contributed by atoms with Gasteiger partial charge >= 0.3 is 5.97 Å². The summed E-state index contributed by atoms with van der Waals surface area (Å²) in [4.78, 5) is 14.5. The van der Waals surface area contributed by atoms with E-state index in [2.05, 4.69) is 9.72 Å². The maximum absolute atomic E-state index is 12.4. The van der Waals surface area contributed by atoms with E-state index in [1.807, 2.05) is 0 Å². The third-order valence-corrected chi connectivity index (χ3v) is 3.01. The molecule has 0 saturated carbocycles. The van der Waals surface area contributed by atoms with Gasteiger partial charge in [0, 0.05) is 9.77 Å². The quantitative estimate of drug-likeness (QED) is 0.632. The molecule has 3 nitrogen and oxygen atoms in total. The van der Waals surface area contributed by atoms with Gasteiger partial charge in [0.2, 0.25) is 0 Å². The molecule has 82 valence electrons. The molecule has 0 atom stereocenters. The zero-order valence-corrected chi connectivity index (χ0v) is 9.99. The van der Waals surface area contributed by atoms with Gasteiger partial charge in [-0.2, -0.15) is 0 Å². The Bertz CT molecular complexity index is 371. The lowest BCUT2D eigenvalue weighted by molar-refractivity contribution is -0.139. The number of hydrogen-bond donors (Lipinski definition) is 0. The standard InChI is InChI=1S/C9H8F2INO2/c1-15-6(14)4-5-2-3-13-8(7(5)12)9(10)11/h2-3,9H,4H2,1H3. The minimum absolute atomic E-state index is 0.0169. The highest BCUT2D eigenvalue weighted by Crippen LogP contribution is 2.24. The van der Waals surface area contributed by atoms with Crippen molar-refractivity contribution in [1.29, 1.82) is 0 Å². The molecule has 0 aliphatic heterocycles. The lowest BCUT2D eigenvalue weighted by atomic mass is 10.1. The first-order valence-corrected chi connectivity index (χ1v) is 5.12. The number of pyridine rings is 1. The average molecular weight is 327 g/mol. The van der Waals surface area contributed by atoms with Gasteiger partial charge in [-0.25, -0.2) is 8.78 Å². The van der Waals surface area contributed by atoms with Crippen molar-refractivity contribution in [2.24, 2.45) is 0 Å². The molecule has 1 aromatic rings. The van der Waals surface area contributed by atoms with E-state index in [0.29, 0.717) is 9.13 Å². The van der Waals surface area contributed by atoms with E-state index in [4.69, 9.17) is 0 Å². The largest absolute Gasteiger partial charge is 0.469 e. The molecule has 0 aliphatic carbocycles. The third-order valence-electron chi connectivity index (χ3n) is 1.77. The van der Waals surface area contributed by atoms with E-state index in [9.17, 15) is 13.6 Å². The molecule has 6 heteroatoms. The van der Waals surface area contributed by atoms with Crippen LogP contribution in [0.3, 0.4) is 0 Å². The number of carbonyl (C=O) groups is 1. The zero-order chi connectivity index (χ0) is 11.4. The van der Waals surface area contributed by atoms with Crippen molar-refractivity contribution in [3.63, 3.8) is 0 Å². The minimum Gasteiger partial charge on any atom is -0.469 e. The predicted molar refractivity (Wildman–Crippen MR) is 57.6 cm³/mol. The number of halogens is 3. The van der Waals surface area contributed by atoms with Crippen LogP contribution in [0.5, 0.6) is 0 Å². The first kappa shape index (κ1) is 12.3. The molecule has 1 rings (SSSR count). The normalized spacial score (nSPS) is 10.5. The zero-order valence-electron chi connectivity index (χ0n) is 7.84. The number of methoxy groups -OCH3 is 1. The summed E-state index contributed by atoms with van der Waals surface area (Å²) in [6.07, 6.45) is -1.38. The SMILES string of the molecule is COC(=O)Cc1ccnc(C(F)F)c1I. The van der Waals surface area contributed by atoms with Gasteiger partial charge in [-0.3, -0.25) is 9.78 Å². The molecule has 0 unspecified atom stereocenters. The molecular formula is C9H8F2INO2. The number of esters is 1. The number of rotatable bonds is 3. The fourth-order valence-corrected chi connectivity index (χ4v) is 1.76. The van der Waals surface area contributed by atoms with Gasteiger partial charge in [0.1, 0.15) is 5.69 Å². The Morgan fingerprint density at radius 3 is 2.87 bits per heavy atom. The predicted octanol–water partition coefficient (Wildman–Crippen LogP) is 2.34. The molecule has 1 heterocycles. The van der Waals surface area contributed by atoms with Gasteiger partial charge in [-0.15, -0.1) is 0 Å². The van der Waals surface area contributed by atoms with E-state index in [0.717, 1.165) is 0 Å². The topological polar surface area (TPSA) is 39.2 Å². The second kappa shape index (κ2) is 5.34. The highest BCUT2D eigenvalue weighted by atomic mass is 127. The van der Waals surface area contributed by atoms with Crippen molar-refractivity contribution >= 4 is 28.6 Å². The smallest absolute Gasteiger partial charge is 0.310 e. The van der Waals surface area contributed by atoms with Crippen LogP contribution in [0.4, 0.5) is 8.78 Å². The van der Waals surface area contributed by atoms with E-state index < -0.39 is 12.4 Å². The lowest BCUT2D eigenvalue weighted by Crippen LogP contribution is -2.08. The second-order valence-electron chi connectivity index (χ2n) is 2.72. The Labute approximate surface area is 99.0 Å². The Kier molecular flexibility index (Phi) is 4.37. The molecular weight excluding hydrogens is 319 g/mol. The van der Waals surface area contributed by atoms with Crippen LogP contribution in [-0.4, -0.2) is 18.1 Å². The monoisotopic (exact) mass is 327 g/mol. The van der Waals surface area contributed by atoms with Crippen molar-refractivity contribution in [2.45, 2.75) is 12.8 Å². The lowest BCUT2D eigenvalue weighted by Gasteiger charge is -2.07. The molecule has 15 heavy (non-hydrogen) atoms. The maximum atomic E-state index is 12.4. The van der Waals surface area contributed by atoms with Gasteiger partial charge in [0.15, 0.2) is 0 Å². The highest BCUT2D eigenvalue weighted by Gasteiger charge is 2.17. The van der Waals surface area contributed by atoms with Crippen molar-refractivity contribution in [3.05, 3.63) is 27.1 Å². The Hall–Kier alpha value is -0.790. The van der Waals surface area contributed by atoms with Crippen molar-refractivity contribution in [1.82, 2.24) is 4.98 Å². The van der Waals surface area contributed by atoms with Crippen molar-refractivity contribution < 1.29 is 18.3 Å². The molecule has 0 spiro atoms. The Morgan fingerprint density at radius 2 is 2.33 bits per heavy atom. The molecule has 1 aromatic heterocycles. The number of nitrogens with zero attached hydrogens (tertiary/aromatic N) is 1. The van der Waals surface area contributed by atoms with Crippen molar-refractivity contribution in [2.75, 3.05) is 7.11 Å². The fourth-order valence-electron chi connectivity index (χ4n) is 1.02. The van der Waals surface area contributed by atoms with E-state index in [1.54, 1.807) is 22.6 Å². The van der Waals surface area contributed by atoms with Crippen LogP contribution < -0.4 is 0 Å². The minimum atomic E-state index is -2.63. The van der Waals surface area contributed by atoms with Crippen LogP contribution >= 0.6 is 22.6 Å². The summed E-state index contributed by atoms with van der Waals surface area (Å²) >= 11 is 1.76. The van der Waals surface area contributed by atoms with E-state index >= 15 is 0 Å². The Morgan fingerprint density at radius 1 is 1.67 bits per heavy atom.